The quantitative estimate of drug-likeness (QED) is 0.552. The van der Waals surface area contributed by atoms with E-state index in [2.05, 4.69) is 35.8 Å². The molecule has 5 heteroatoms. The van der Waals surface area contributed by atoms with Crippen molar-refractivity contribution < 1.29 is 9.84 Å². The Morgan fingerprint density at radius 1 is 0.962 bits per heavy atom. The lowest BCUT2D eigenvalue weighted by atomic mass is 10.1. The van der Waals surface area contributed by atoms with Crippen LogP contribution in [-0.4, -0.2) is 41.3 Å². The maximum absolute atomic E-state index is 8.73. The number of rotatable bonds is 10. The van der Waals surface area contributed by atoms with Crippen LogP contribution in [0, 0.1) is 0 Å². The van der Waals surface area contributed by atoms with Crippen LogP contribution >= 0.6 is 0 Å². The Morgan fingerprint density at radius 2 is 1.69 bits per heavy atom. The van der Waals surface area contributed by atoms with Crippen molar-refractivity contribution in [1.29, 1.82) is 0 Å². The van der Waals surface area contributed by atoms with Gasteiger partial charge in [-0.15, -0.1) is 0 Å². The topological polar surface area (TPSA) is 59.3 Å². The zero-order valence-corrected chi connectivity index (χ0v) is 14.8. The Bertz CT molecular complexity index is 772. The van der Waals surface area contributed by atoms with Crippen molar-refractivity contribution in [1.82, 2.24) is 15.1 Å². The van der Waals surface area contributed by atoms with E-state index in [-0.39, 0.29) is 6.61 Å². The molecule has 0 bridgehead atoms. The first-order chi connectivity index (χ1) is 12.9. The van der Waals surface area contributed by atoms with Crippen LogP contribution in [-0.2, 0) is 17.8 Å². The van der Waals surface area contributed by atoms with Crippen LogP contribution < -0.4 is 5.32 Å². The third kappa shape index (κ3) is 5.26. The summed E-state index contributed by atoms with van der Waals surface area (Å²) < 4.78 is 7.28. The lowest BCUT2D eigenvalue weighted by Crippen LogP contribution is -2.20. The van der Waals surface area contributed by atoms with E-state index in [0.717, 1.165) is 36.5 Å². The Balaban J connectivity index is 1.71. The Hall–Kier alpha value is -2.47. The summed E-state index contributed by atoms with van der Waals surface area (Å²) >= 11 is 0. The molecule has 0 atom stereocenters. The van der Waals surface area contributed by atoms with Crippen molar-refractivity contribution >= 4 is 0 Å². The number of hydrogen-bond acceptors (Lipinski definition) is 4. The molecule has 0 saturated heterocycles. The molecule has 2 N–H and O–H groups in total. The van der Waals surface area contributed by atoms with Crippen LogP contribution in [0.4, 0.5) is 0 Å². The van der Waals surface area contributed by atoms with E-state index in [4.69, 9.17) is 14.9 Å². The standard InChI is InChI=1S/C21H25N3O2/c25-12-14-26-13-11-22-15-20-17-24(16-18-7-3-1-4-8-18)23-21(20)19-9-5-2-6-10-19/h1-10,17,22,25H,11-16H2. The summed E-state index contributed by atoms with van der Waals surface area (Å²) in [5.74, 6) is 0. The minimum Gasteiger partial charge on any atom is -0.394 e. The fourth-order valence-electron chi connectivity index (χ4n) is 2.82. The zero-order valence-electron chi connectivity index (χ0n) is 14.8. The van der Waals surface area contributed by atoms with Gasteiger partial charge in [0.25, 0.3) is 0 Å². The molecule has 0 aliphatic carbocycles. The van der Waals surface area contributed by atoms with E-state index < -0.39 is 0 Å². The Morgan fingerprint density at radius 3 is 2.42 bits per heavy atom. The van der Waals surface area contributed by atoms with Crippen LogP contribution in [0.15, 0.2) is 66.9 Å². The lowest BCUT2D eigenvalue weighted by Gasteiger charge is -2.05. The fraction of sp³-hybridized carbons (Fsp3) is 0.286. The van der Waals surface area contributed by atoms with E-state index in [1.165, 1.54) is 5.56 Å². The summed E-state index contributed by atoms with van der Waals surface area (Å²) in [6.07, 6.45) is 2.11. The van der Waals surface area contributed by atoms with E-state index in [0.29, 0.717) is 13.2 Å². The summed E-state index contributed by atoms with van der Waals surface area (Å²) in [6.45, 7) is 3.23. The number of aliphatic hydroxyl groups is 1. The second-order valence-electron chi connectivity index (χ2n) is 6.06. The van der Waals surface area contributed by atoms with Crippen LogP contribution in [0.25, 0.3) is 11.3 Å². The van der Waals surface area contributed by atoms with Gasteiger partial charge in [-0.3, -0.25) is 4.68 Å². The van der Waals surface area contributed by atoms with Gasteiger partial charge in [0.15, 0.2) is 0 Å². The predicted octanol–water partition coefficient (Wildman–Crippen LogP) is 2.70. The van der Waals surface area contributed by atoms with Gasteiger partial charge >= 0.3 is 0 Å². The first-order valence-electron chi connectivity index (χ1n) is 8.92. The van der Waals surface area contributed by atoms with E-state index in [9.17, 15) is 0 Å². The van der Waals surface area contributed by atoms with Gasteiger partial charge in [0.2, 0.25) is 0 Å². The second kappa shape index (κ2) is 9.87. The number of nitrogens with zero attached hydrogens (tertiary/aromatic N) is 2. The van der Waals surface area contributed by atoms with Crippen molar-refractivity contribution in [3.05, 3.63) is 78.0 Å². The lowest BCUT2D eigenvalue weighted by molar-refractivity contribution is 0.0938. The maximum Gasteiger partial charge on any atom is 0.0968 e. The maximum atomic E-state index is 8.73. The van der Waals surface area contributed by atoms with Crippen molar-refractivity contribution in [2.75, 3.05) is 26.4 Å². The smallest absolute Gasteiger partial charge is 0.0968 e. The molecule has 3 aromatic rings. The van der Waals surface area contributed by atoms with E-state index >= 15 is 0 Å². The molecule has 2 aromatic carbocycles. The third-order valence-corrected chi connectivity index (χ3v) is 4.05. The molecule has 0 radical (unpaired) electrons. The van der Waals surface area contributed by atoms with Crippen LogP contribution in [0.2, 0.25) is 0 Å². The van der Waals surface area contributed by atoms with Crippen molar-refractivity contribution in [3.8, 4) is 11.3 Å². The SMILES string of the molecule is OCCOCCNCc1cn(Cc2ccccc2)nc1-c1ccccc1. The molecule has 1 aromatic heterocycles. The summed E-state index contributed by atoms with van der Waals surface area (Å²) in [6, 6.07) is 20.6. The van der Waals surface area contributed by atoms with Crippen molar-refractivity contribution in [2.45, 2.75) is 13.1 Å². The molecule has 0 aliphatic heterocycles. The molecule has 26 heavy (non-hydrogen) atoms. The van der Waals surface area contributed by atoms with Gasteiger partial charge in [-0.05, 0) is 5.56 Å². The van der Waals surface area contributed by atoms with Gasteiger partial charge < -0.3 is 15.2 Å². The number of aliphatic hydroxyl groups excluding tert-OH is 1. The highest BCUT2D eigenvalue weighted by atomic mass is 16.5. The minimum atomic E-state index is 0.0599. The zero-order chi connectivity index (χ0) is 18.0. The highest BCUT2D eigenvalue weighted by Gasteiger charge is 2.11. The molecule has 0 aliphatic rings. The van der Waals surface area contributed by atoms with Crippen molar-refractivity contribution in [3.63, 3.8) is 0 Å². The fourth-order valence-corrected chi connectivity index (χ4v) is 2.82. The van der Waals surface area contributed by atoms with Crippen LogP contribution in [0.3, 0.4) is 0 Å². The summed E-state index contributed by atoms with van der Waals surface area (Å²) in [5, 5.41) is 16.9. The van der Waals surface area contributed by atoms with Crippen LogP contribution in [0.1, 0.15) is 11.1 Å². The molecule has 0 amide bonds. The van der Waals surface area contributed by atoms with E-state index in [1.807, 2.05) is 41.1 Å². The number of nitrogens with one attached hydrogen (secondary N) is 1. The van der Waals surface area contributed by atoms with Crippen LogP contribution in [0.5, 0.6) is 0 Å². The highest BCUT2D eigenvalue weighted by Crippen LogP contribution is 2.22. The summed E-state index contributed by atoms with van der Waals surface area (Å²) in [4.78, 5) is 0. The monoisotopic (exact) mass is 351 g/mol. The van der Waals surface area contributed by atoms with Crippen molar-refractivity contribution in [2.24, 2.45) is 0 Å². The molecule has 0 unspecified atom stereocenters. The van der Waals surface area contributed by atoms with Gasteiger partial charge in [0, 0.05) is 30.4 Å². The Labute approximate surface area is 154 Å². The molecular weight excluding hydrogens is 326 g/mol. The van der Waals surface area contributed by atoms with E-state index in [1.54, 1.807) is 0 Å². The summed E-state index contributed by atoms with van der Waals surface area (Å²) in [7, 11) is 0. The number of ether oxygens (including phenoxy) is 1. The molecule has 1 heterocycles. The Kier molecular flexibility index (Phi) is 6.96. The first kappa shape index (κ1) is 18.3. The number of benzene rings is 2. The second-order valence-corrected chi connectivity index (χ2v) is 6.06. The average molecular weight is 351 g/mol. The van der Waals surface area contributed by atoms with Gasteiger partial charge in [0.05, 0.1) is 32.1 Å². The average Bonchev–Trinajstić information content (AvgIpc) is 3.08. The third-order valence-electron chi connectivity index (χ3n) is 4.05. The molecule has 3 rings (SSSR count). The highest BCUT2D eigenvalue weighted by molar-refractivity contribution is 5.62. The van der Waals surface area contributed by atoms with Gasteiger partial charge in [-0.25, -0.2) is 0 Å². The largest absolute Gasteiger partial charge is 0.394 e. The molecule has 5 nitrogen and oxygen atoms in total. The molecular formula is C21H25N3O2. The van der Waals surface area contributed by atoms with Gasteiger partial charge in [-0.2, -0.15) is 5.10 Å². The minimum absolute atomic E-state index is 0.0599. The molecule has 136 valence electrons. The normalized spacial score (nSPS) is 11.0. The number of hydrogen-bond donors (Lipinski definition) is 2. The van der Waals surface area contributed by atoms with Gasteiger partial charge in [0.1, 0.15) is 0 Å². The van der Waals surface area contributed by atoms with Gasteiger partial charge in [-0.1, -0.05) is 60.7 Å². The molecule has 0 saturated carbocycles. The number of aromatic nitrogens is 2. The first-order valence-corrected chi connectivity index (χ1v) is 8.92. The molecule has 0 fully saturated rings. The molecule has 0 spiro atoms. The summed E-state index contributed by atoms with van der Waals surface area (Å²) in [5.41, 5.74) is 4.51. The predicted molar refractivity (Wildman–Crippen MR) is 103 cm³/mol.